The standard InChI is InChI=1S/C15H23N3O5S/c1-5-8-16-15(20)10-18(3)24(21,22)12-6-7-14(23-4)13(9-12)17-11(2)19/h6-7,9H,5,8,10H2,1-4H3,(H,16,20)(H,17,19). The second-order valence-corrected chi connectivity index (χ2v) is 7.20. The van der Waals surface area contributed by atoms with Gasteiger partial charge in [-0.05, 0) is 24.6 Å². The summed E-state index contributed by atoms with van der Waals surface area (Å²) in [5.74, 6) is -0.388. The van der Waals surface area contributed by atoms with Crippen molar-refractivity contribution in [1.82, 2.24) is 9.62 Å². The molecule has 0 unspecified atom stereocenters. The lowest BCUT2D eigenvalue weighted by Crippen LogP contribution is -2.38. The van der Waals surface area contributed by atoms with Crippen molar-refractivity contribution in [3.63, 3.8) is 0 Å². The minimum absolute atomic E-state index is 0.0437. The van der Waals surface area contributed by atoms with Crippen LogP contribution in [0.5, 0.6) is 5.75 Å². The van der Waals surface area contributed by atoms with Crippen LogP contribution in [0.3, 0.4) is 0 Å². The molecule has 0 saturated heterocycles. The Hall–Kier alpha value is -2.13. The van der Waals surface area contributed by atoms with Crippen LogP contribution >= 0.6 is 0 Å². The highest BCUT2D eigenvalue weighted by Gasteiger charge is 2.24. The van der Waals surface area contributed by atoms with Crippen LogP contribution in [0.25, 0.3) is 0 Å². The quantitative estimate of drug-likeness (QED) is 0.716. The van der Waals surface area contributed by atoms with E-state index in [1.54, 1.807) is 0 Å². The first-order valence-electron chi connectivity index (χ1n) is 7.41. The van der Waals surface area contributed by atoms with E-state index in [9.17, 15) is 18.0 Å². The van der Waals surface area contributed by atoms with Crippen molar-refractivity contribution in [3.05, 3.63) is 18.2 Å². The number of methoxy groups -OCH3 is 1. The summed E-state index contributed by atoms with van der Waals surface area (Å²) in [4.78, 5) is 22.9. The maximum Gasteiger partial charge on any atom is 0.243 e. The molecule has 9 heteroatoms. The van der Waals surface area contributed by atoms with Gasteiger partial charge in [0, 0.05) is 20.5 Å². The van der Waals surface area contributed by atoms with Gasteiger partial charge in [0.05, 0.1) is 24.2 Å². The average molecular weight is 357 g/mol. The summed E-state index contributed by atoms with van der Waals surface area (Å²) in [7, 11) is -1.14. The molecule has 0 aliphatic heterocycles. The Labute approximate surface area is 142 Å². The number of sulfonamides is 1. The first kappa shape index (κ1) is 19.9. The molecule has 0 saturated carbocycles. The zero-order valence-electron chi connectivity index (χ0n) is 14.3. The fourth-order valence-electron chi connectivity index (χ4n) is 1.92. The lowest BCUT2D eigenvalue weighted by atomic mass is 10.3. The van der Waals surface area contributed by atoms with Crippen molar-refractivity contribution in [1.29, 1.82) is 0 Å². The summed E-state index contributed by atoms with van der Waals surface area (Å²) in [5, 5.41) is 5.14. The zero-order chi connectivity index (χ0) is 18.3. The third kappa shape index (κ3) is 5.20. The molecular formula is C15H23N3O5S. The van der Waals surface area contributed by atoms with E-state index < -0.39 is 10.0 Å². The summed E-state index contributed by atoms with van der Waals surface area (Å²) in [6.45, 7) is 3.41. The number of ether oxygens (including phenoxy) is 1. The minimum atomic E-state index is -3.88. The van der Waals surface area contributed by atoms with E-state index in [1.165, 1.54) is 39.3 Å². The van der Waals surface area contributed by atoms with Crippen molar-refractivity contribution in [3.8, 4) is 5.75 Å². The second kappa shape index (κ2) is 8.65. The van der Waals surface area contributed by atoms with E-state index in [1.807, 2.05) is 6.92 Å². The minimum Gasteiger partial charge on any atom is -0.495 e. The third-order valence-electron chi connectivity index (χ3n) is 3.13. The first-order valence-corrected chi connectivity index (χ1v) is 8.85. The predicted molar refractivity (Wildman–Crippen MR) is 90.4 cm³/mol. The predicted octanol–water partition coefficient (Wildman–Crippen LogP) is 0.800. The Bertz CT molecular complexity index is 703. The van der Waals surface area contributed by atoms with Crippen LogP contribution in [-0.2, 0) is 19.6 Å². The summed E-state index contributed by atoms with van der Waals surface area (Å²) in [6.07, 6.45) is 0.765. The van der Waals surface area contributed by atoms with Crippen molar-refractivity contribution < 1.29 is 22.7 Å². The number of likely N-dealkylation sites (N-methyl/N-ethyl adjacent to an activating group) is 1. The van der Waals surface area contributed by atoms with Crippen molar-refractivity contribution in [2.75, 3.05) is 32.6 Å². The lowest BCUT2D eigenvalue weighted by Gasteiger charge is -2.18. The van der Waals surface area contributed by atoms with Gasteiger partial charge in [-0.1, -0.05) is 6.92 Å². The van der Waals surface area contributed by atoms with E-state index in [-0.39, 0.29) is 28.9 Å². The van der Waals surface area contributed by atoms with Gasteiger partial charge in [-0.15, -0.1) is 0 Å². The van der Waals surface area contributed by atoms with Gasteiger partial charge in [0.1, 0.15) is 5.75 Å². The molecule has 0 atom stereocenters. The Kier molecular flexibility index (Phi) is 7.18. The molecule has 2 amide bonds. The highest BCUT2D eigenvalue weighted by molar-refractivity contribution is 7.89. The van der Waals surface area contributed by atoms with E-state index in [2.05, 4.69) is 10.6 Å². The second-order valence-electron chi connectivity index (χ2n) is 5.15. The molecule has 8 nitrogen and oxygen atoms in total. The molecule has 0 fully saturated rings. The first-order chi connectivity index (χ1) is 11.2. The Morgan fingerprint density at radius 3 is 2.50 bits per heavy atom. The Balaban J connectivity index is 3.04. The van der Waals surface area contributed by atoms with E-state index in [0.29, 0.717) is 12.3 Å². The summed E-state index contributed by atoms with van der Waals surface area (Å²) in [6, 6.07) is 4.11. The molecule has 1 rings (SSSR count). The molecule has 0 aliphatic carbocycles. The number of carbonyl (C=O) groups excluding carboxylic acids is 2. The number of carbonyl (C=O) groups is 2. The fourth-order valence-corrected chi connectivity index (χ4v) is 3.08. The highest BCUT2D eigenvalue weighted by atomic mass is 32.2. The largest absolute Gasteiger partial charge is 0.495 e. The number of hydrogen-bond acceptors (Lipinski definition) is 5. The third-order valence-corrected chi connectivity index (χ3v) is 4.93. The monoisotopic (exact) mass is 357 g/mol. The molecular weight excluding hydrogens is 334 g/mol. The van der Waals surface area contributed by atoms with Gasteiger partial charge in [0.25, 0.3) is 0 Å². The van der Waals surface area contributed by atoms with E-state index in [0.717, 1.165) is 10.7 Å². The van der Waals surface area contributed by atoms with Crippen molar-refractivity contribution in [2.24, 2.45) is 0 Å². The van der Waals surface area contributed by atoms with Gasteiger partial charge >= 0.3 is 0 Å². The molecule has 0 radical (unpaired) electrons. The van der Waals surface area contributed by atoms with Crippen molar-refractivity contribution in [2.45, 2.75) is 25.2 Å². The number of nitrogens with one attached hydrogen (secondary N) is 2. The van der Waals surface area contributed by atoms with Gasteiger partial charge in [0.15, 0.2) is 0 Å². The Morgan fingerprint density at radius 2 is 1.96 bits per heavy atom. The van der Waals surface area contributed by atoms with Crippen LogP contribution < -0.4 is 15.4 Å². The highest BCUT2D eigenvalue weighted by Crippen LogP contribution is 2.28. The van der Waals surface area contributed by atoms with Crippen LogP contribution in [0, 0.1) is 0 Å². The maximum absolute atomic E-state index is 12.6. The fraction of sp³-hybridized carbons (Fsp3) is 0.467. The van der Waals surface area contributed by atoms with E-state index >= 15 is 0 Å². The molecule has 0 aromatic heterocycles. The molecule has 0 heterocycles. The van der Waals surface area contributed by atoms with Crippen LogP contribution in [0.2, 0.25) is 0 Å². The molecule has 2 N–H and O–H groups in total. The van der Waals surface area contributed by atoms with Crippen LogP contribution in [-0.4, -0.2) is 51.8 Å². The van der Waals surface area contributed by atoms with Gasteiger partial charge < -0.3 is 15.4 Å². The SMILES string of the molecule is CCCNC(=O)CN(C)S(=O)(=O)c1ccc(OC)c(NC(C)=O)c1. The van der Waals surface area contributed by atoms with Crippen molar-refractivity contribution >= 4 is 27.5 Å². The molecule has 134 valence electrons. The molecule has 0 aliphatic rings. The maximum atomic E-state index is 12.6. The summed E-state index contributed by atoms with van der Waals surface area (Å²) < 4.78 is 31.2. The number of anilines is 1. The topological polar surface area (TPSA) is 105 Å². The molecule has 0 spiro atoms. The molecule has 24 heavy (non-hydrogen) atoms. The van der Waals surface area contributed by atoms with Gasteiger partial charge in [-0.3, -0.25) is 9.59 Å². The average Bonchev–Trinajstić information content (AvgIpc) is 2.52. The van der Waals surface area contributed by atoms with Crippen LogP contribution in [0.4, 0.5) is 5.69 Å². The number of hydrogen-bond donors (Lipinski definition) is 2. The number of amides is 2. The summed E-state index contributed by atoms with van der Waals surface area (Å²) >= 11 is 0. The van der Waals surface area contributed by atoms with Gasteiger partial charge in [-0.2, -0.15) is 4.31 Å². The molecule has 1 aromatic rings. The zero-order valence-corrected chi connectivity index (χ0v) is 15.1. The molecule has 1 aromatic carbocycles. The number of benzene rings is 1. The van der Waals surface area contributed by atoms with Gasteiger partial charge in [-0.25, -0.2) is 8.42 Å². The lowest BCUT2D eigenvalue weighted by molar-refractivity contribution is -0.121. The number of rotatable bonds is 8. The number of nitrogens with zero attached hydrogens (tertiary/aromatic N) is 1. The van der Waals surface area contributed by atoms with Crippen LogP contribution in [0.1, 0.15) is 20.3 Å². The summed E-state index contributed by atoms with van der Waals surface area (Å²) in [5.41, 5.74) is 0.245. The normalized spacial score (nSPS) is 11.2. The van der Waals surface area contributed by atoms with Crippen LogP contribution in [0.15, 0.2) is 23.1 Å². The molecule has 0 bridgehead atoms. The Morgan fingerprint density at radius 1 is 1.29 bits per heavy atom. The van der Waals surface area contributed by atoms with E-state index in [4.69, 9.17) is 4.74 Å². The smallest absolute Gasteiger partial charge is 0.243 e. The van der Waals surface area contributed by atoms with Gasteiger partial charge in [0.2, 0.25) is 21.8 Å².